The van der Waals surface area contributed by atoms with Crippen molar-refractivity contribution in [2.45, 2.75) is 26.3 Å². The number of aryl methyl sites for hydroxylation is 2. The zero-order chi connectivity index (χ0) is 26.6. The van der Waals surface area contributed by atoms with Gasteiger partial charge in [-0.05, 0) is 48.7 Å². The van der Waals surface area contributed by atoms with Crippen LogP contribution >= 0.6 is 15.9 Å². The predicted octanol–water partition coefficient (Wildman–Crippen LogP) is 4.33. The monoisotopic (exact) mass is 561 g/mol. The maximum Gasteiger partial charge on any atom is 0.262 e. The second-order valence-corrected chi connectivity index (χ2v) is 9.14. The van der Waals surface area contributed by atoms with Crippen LogP contribution in [-0.4, -0.2) is 37.3 Å². The minimum Gasteiger partial charge on any atom is -0.483 e. The summed E-state index contributed by atoms with van der Waals surface area (Å²) in [5, 5.41) is 6.85. The van der Waals surface area contributed by atoms with Gasteiger partial charge in [0.05, 0.1) is 6.21 Å². The molecule has 2 N–H and O–H groups in total. The van der Waals surface area contributed by atoms with Crippen LogP contribution in [0.15, 0.2) is 76.3 Å². The zero-order valence-corrected chi connectivity index (χ0v) is 22.2. The molecule has 37 heavy (non-hydrogen) atoms. The van der Waals surface area contributed by atoms with E-state index in [1.807, 2.05) is 68.4 Å². The van der Waals surface area contributed by atoms with E-state index in [4.69, 9.17) is 15.9 Å². The number of carbonyl (C=O) groups is 2. The van der Waals surface area contributed by atoms with Gasteiger partial charge in [-0.3, -0.25) is 9.59 Å². The largest absolute Gasteiger partial charge is 0.483 e. The summed E-state index contributed by atoms with van der Waals surface area (Å²) >= 11 is 3.41. The van der Waals surface area contributed by atoms with E-state index in [0.717, 1.165) is 21.2 Å². The standard InChI is InChI=1S/C29H28BrN3O4/c1-4-15-36-26-14-13-24(30)17-23(26)18-31-33-29(35)25(16-22-11-6-5-7-12-22)32-27(34)19-37-28-20(2)9-8-10-21(28)3/h1,5-14,17-18,25H,15-16,19H2,2-3H3,(H,32,34)(H,33,35)/b31-18-/t25-/m1/s1. The molecule has 8 heteroatoms. The van der Waals surface area contributed by atoms with Crippen LogP contribution < -0.4 is 20.2 Å². The molecule has 0 unspecified atom stereocenters. The Bertz CT molecular complexity index is 1280. The Morgan fingerprint density at radius 3 is 2.49 bits per heavy atom. The second kappa shape index (κ2) is 13.9. The van der Waals surface area contributed by atoms with Crippen LogP contribution in [0.25, 0.3) is 0 Å². The van der Waals surface area contributed by atoms with Crippen LogP contribution in [0.1, 0.15) is 22.3 Å². The third-order valence-corrected chi connectivity index (χ3v) is 5.85. The Hall–Kier alpha value is -4.09. The van der Waals surface area contributed by atoms with Crippen molar-refractivity contribution in [1.82, 2.24) is 10.7 Å². The van der Waals surface area contributed by atoms with E-state index in [-0.39, 0.29) is 19.6 Å². The fraction of sp³-hybridized carbons (Fsp3) is 0.207. The first-order valence-corrected chi connectivity index (χ1v) is 12.4. The number of carbonyl (C=O) groups excluding carboxylic acids is 2. The summed E-state index contributed by atoms with van der Waals surface area (Å²) < 4.78 is 12.1. The second-order valence-electron chi connectivity index (χ2n) is 8.23. The maximum absolute atomic E-state index is 13.0. The van der Waals surface area contributed by atoms with Crippen molar-refractivity contribution < 1.29 is 19.1 Å². The average molecular weight is 562 g/mol. The SMILES string of the molecule is C#CCOc1ccc(Br)cc1/C=N\NC(=O)[C@@H](Cc1ccccc1)NC(=O)COc1c(C)cccc1C. The Kier molecular flexibility index (Phi) is 10.3. The summed E-state index contributed by atoms with van der Waals surface area (Å²) in [5.41, 5.74) is 5.88. The highest BCUT2D eigenvalue weighted by molar-refractivity contribution is 9.10. The molecule has 3 rings (SSSR count). The summed E-state index contributed by atoms with van der Waals surface area (Å²) in [5.74, 6) is 2.71. The molecule has 0 fully saturated rings. The minimum atomic E-state index is -0.867. The zero-order valence-electron chi connectivity index (χ0n) is 20.7. The van der Waals surface area contributed by atoms with Crippen molar-refractivity contribution in [1.29, 1.82) is 0 Å². The molecule has 0 saturated carbocycles. The number of terminal acetylenes is 1. The van der Waals surface area contributed by atoms with Crippen molar-refractivity contribution in [3.63, 3.8) is 0 Å². The number of rotatable bonds is 11. The molecule has 2 amide bonds. The third-order valence-electron chi connectivity index (χ3n) is 5.35. The highest BCUT2D eigenvalue weighted by Gasteiger charge is 2.22. The van der Waals surface area contributed by atoms with Crippen molar-refractivity contribution in [2.75, 3.05) is 13.2 Å². The minimum absolute atomic E-state index is 0.101. The maximum atomic E-state index is 13.0. The van der Waals surface area contributed by atoms with E-state index >= 15 is 0 Å². The fourth-order valence-corrected chi connectivity index (χ4v) is 3.95. The molecule has 0 saturated heterocycles. The fourth-order valence-electron chi connectivity index (χ4n) is 3.57. The smallest absolute Gasteiger partial charge is 0.262 e. The lowest BCUT2D eigenvalue weighted by atomic mass is 10.1. The lowest BCUT2D eigenvalue weighted by molar-refractivity contribution is -0.130. The third kappa shape index (κ3) is 8.51. The van der Waals surface area contributed by atoms with Crippen LogP contribution in [0.2, 0.25) is 0 Å². The van der Waals surface area contributed by atoms with Gasteiger partial charge in [0.15, 0.2) is 6.61 Å². The number of hydrogen-bond acceptors (Lipinski definition) is 5. The first kappa shape index (κ1) is 27.5. The van der Waals surface area contributed by atoms with Crippen LogP contribution in [0.4, 0.5) is 0 Å². The number of para-hydroxylation sites is 1. The van der Waals surface area contributed by atoms with Gasteiger partial charge < -0.3 is 14.8 Å². The number of halogens is 1. The number of nitrogens with zero attached hydrogens (tertiary/aromatic N) is 1. The molecule has 0 bridgehead atoms. The Labute approximate surface area is 225 Å². The quantitative estimate of drug-likeness (QED) is 0.207. The molecule has 0 aliphatic carbocycles. The number of benzene rings is 3. The Morgan fingerprint density at radius 2 is 1.78 bits per heavy atom. The van der Waals surface area contributed by atoms with Gasteiger partial charge in [0.25, 0.3) is 11.8 Å². The lowest BCUT2D eigenvalue weighted by Crippen LogP contribution is -2.48. The van der Waals surface area contributed by atoms with Gasteiger partial charge in [-0.25, -0.2) is 5.43 Å². The molecule has 1 atom stereocenters. The van der Waals surface area contributed by atoms with E-state index in [1.165, 1.54) is 6.21 Å². The summed E-state index contributed by atoms with van der Waals surface area (Å²) in [7, 11) is 0. The van der Waals surface area contributed by atoms with E-state index < -0.39 is 17.9 Å². The normalized spacial score (nSPS) is 11.4. The van der Waals surface area contributed by atoms with Gasteiger partial charge in [0.2, 0.25) is 0 Å². The van der Waals surface area contributed by atoms with Crippen LogP contribution in [0, 0.1) is 26.2 Å². The first-order valence-electron chi connectivity index (χ1n) is 11.6. The molecular weight excluding hydrogens is 534 g/mol. The van der Waals surface area contributed by atoms with Gasteiger partial charge >= 0.3 is 0 Å². The molecule has 0 heterocycles. The van der Waals surface area contributed by atoms with Crippen molar-refractivity contribution in [3.05, 3.63) is 93.5 Å². The van der Waals surface area contributed by atoms with Gasteiger partial charge in [0, 0.05) is 16.5 Å². The van der Waals surface area contributed by atoms with Crippen molar-refractivity contribution in [3.8, 4) is 23.8 Å². The van der Waals surface area contributed by atoms with Crippen molar-refractivity contribution >= 4 is 34.0 Å². The van der Waals surface area contributed by atoms with Gasteiger partial charge in [0.1, 0.15) is 24.1 Å². The molecule has 0 aromatic heterocycles. The molecule has 0 spiro atoms. The molecule has 0 radical (unpaired) electrons. The highest BCUT2D eigenvalue weighted by Crippen LogP contribution is 2.23. The topological polar surface area (TPSA) is 89.0 Å². The van der Waals surface area contributed by atoms with Gasteiger partial charge in [-0.1, -0.05) is 70.4 Å². The summed E-state index contributed by atoms with van der Waals surface area (Å²) in [4.78, 5) is 25.8. The summed E-state index contributed by atoms with van der Waals surface area (Å²) in [6.07, 6.45) is 7.02. The van der Waals surface area contributed by atoms with Crippen molar-refractivity contribution in [2.24, 2.45) is 5.10 Å². The Balaban J connectivity index is 1.69. The van der Waals surface area contributed by atoms with E-state index in [2.05, 4.69) is 37.7 Å². The predicted molar refractivity (Wildman–Crippen MR) is 148 cm³/mol. The Morgan fingerprint density at radius 1 is 1.05 bits per heavy atom. The van der Waals surface area contributed by atoms with E-state index in [9.17, 15) is 9.59 Å². The highest BCUT2D eigenvalue weighted by atomic mass is 79.9. The molecule has 7 nitrogen and oxygen atoms in total. The van der Waals surface area contributed by atoms with Crippen LogP contribution in [0.3, 0.4) is 0 Å². The van der Waals surface area contributed by atoms with E-state index in [0.29, 0.717) is 17.1 Å². The number of amides is 2. The first-order chi connectivity index (χ1) is 17.9. The van der Waals surface area contributed by atoms with Gasteiger partial charge in [-0.15, -0.1) is 6.42 Å². The number of hydrazone groups is 1. The lowest BCUT2D eigenvalue weighted by Gasteiger charge is -2.18. The molecule has 3 aromatic carbocycles. The number of ether oxygens (including phenoxy) is 2. The molecular formula is C29H28BrN3O4. The number of hydrogen-bond donors (Lipinski definition) is 2. The van der Waals surface area contributed by atoms with Gasteiger partial charge in [-0.2, -0.15) is 5.10 Å². The average Bonchev–Trinajstić information content (AvgIpc) is 2.88. The molecule has 3 aromatic rings. The van der Waals surface area contributed by atoms with Crippen LogP contribution in [0.5, 0.6) is 11.5 Å². The number of nitrogens with one attached hydrogen (secondary N) is 2. The summed E-state index contributed by atoms with van der Waals surface area (Å²) in [6.45, 7) is 3.71. The molecule has 0 aliphatic heterocycles. The molecule has 190 valence electrons. The summed E-state index contributed by atoms with van der Waals surface area (Å²) in [6, 6.07) is 19.7. The van der Waals surface area contributed by atoms with E-state index in [1.54, 1.807) is 12.1 Å². The molecule has 0 aliphatic rings. The van der Waals surface area contributed by atoms with Crippen LogP contribution in [-0.2, 0) is 16.0 Å².